The Morgan fingerprint density at radius 3 is 2.66 bits per heavy atom. The van der Waals surface area contributed by atoms with Crippen LogP contribution in [0.4, 0.5) is 0 Å². The first-order valence-electron chi connectivity index (χ1n) is 9.12. The van der Waals surface area contributed by atoms with Crippen molar-refractivity contribution in [1.82, 2.24) is 19.7 Å². The molecule has 2 aromatic rings. The number of nitrogens with one attached hydrogen (secondary N) is 1. The zero-order valence-corrected chi connectivity index (χ0v) is 20.0. The van der Waals surface area contributed by atoms with Gasteiger partial charge in [0.05, 0.1) is 12.2 Å². The van der Waals surface area contributed by atoms with Crippen molar-refractivity contribution in [3.63, 3.8) is 0 Å². The second-order valence-corrected chi connectivity index (χ2v) is 8.84. The molecular weight excluding hydrogens is 529 g/mol. The van der Waals surface area contributed by atoms with E-state index in [4.69, 9.17) is 16.1 Å². The van der Waals surface area contributed by atoms with Crippen molar-refractivity contribution in [3.05, 3.63) is 52.9 Å². The van der Waals surface area contributed by atoms with Gasteiger partial charge in [-0.2, -0.15) is 4.31 Å². The third kappa shape index (κ3) is 6.83. The lowest BCUT2D eigenvalue weighted by Crippen LogP contribution is -2.53. The lowest BCUT2D eigenvalue weighted by Gasteiger charge is -2.35. The number of nitrogens with zero attached hydrogens (tertiary/aromatic N) is 4. The Kier molecular flexibility index (Phi) is 9.18. The van der Waals surface area contributed by atoms with Gasteiger partial charge in [0.1, 0.15) is 12.0 Å². The van der Waals surface area contributed by atoms with Gasteiger partial charge in [0, 0.05) is 43.8 Å². The van der Waals surface area contributed by atoms with E-state index < -0.39 is 10.0 Å². The molecule has 0 saturated carbocycles. The Bertz CT molecular complexity index is 900. The van der Waals surface area contributed by atoms with Crippen LogP contribution < -0.4 is 5.32 Å². The van der Waals surface area contributed by atoms with Gasteiger partial charge in [-0.3, -0.25) is 0 Å². The van der Waals surface area contributed by atoms with E-state index in [-0.39, 0.29) is 29.7 Å². The Morgan fingerprint density at radius 2 is 2.03 bits per heavy atom. The van der Waals surface area contributed by atoms with E-state index in [1.54, 1.807) is 6.07 Å². The molecule has 8 nitrogen and oxygen atoms in total. The van der Waals surface area contributed by atoms with Gasteiger partial charge in [0.25, 0.3) is 0 Å². The Morgan fingerprint density at radius 1 is 1.28 bits per heavy atom. The number of hydrogen-bond donors (Lipinski definition) is 1. The normalized spacial score (nSPS) is 15.8. The number of hydrogen-bond acceptors (Lipinski definition) is 5. The predicted molar refractivity (Wildman–Crippen MR) is 124 cm³/mol. The highest BCUT2D eigenvalue weighted by atomic mass is 127. The third-order valence-corrected chi connectivity index (χ3v) is 6.44. The van der Waals surface area contributed by atoms with Crippen LogP contribution in [0.25, 0.3) is 0 Å². The molecule has 1 aliphatic heterocycles. The van der Waals surface area contributed by atoms with Crippen molar-refractivity contribution in [2.45, 2.75) is 19.2 Å². The van der Waals surface area contributed by atoms with E-state index >= 15 is 0 Å². The lowest BCUT2D eigenvalue weighted by molar-refractivity contribution is 0.259. The zero-order valence-electron chi connectivity index (χ0n) is 16.1. The van der Waals surface area contributed by atoms with Crippen molar-refractivity contribution >= 4 is 51.6 Å². The maximum absolute atomic E-state index is 12.6. The molecule has 29 heavy (non-hydrogen) atoms. The van der Waals surface area contributed by atoms with Crippen LogP contribution in [-0.4, -0.2) is 61.5 Å². The molecule has 0 aliphatic carbocycles. The standard InChI is InChI=1S/C18H24ClN5O3S.HI/c1-2-20-18(21-13-15-4-3-5-16(19)12-15)23-7-9-24(10-8-23)28(25,26)14-17-6-11-27-22-17;/h3-6,11-12H,2,7-10,13-14H2,1H3,(H,20,21);1H. The van der Waals surface area contributed by atoms with Gasteiger partial charge in [-0.25, -0.2) is 13.4 Å². The molecule has 1 fully saturated rings. The van der Waals surface area contributed by atoms with Gasteiger partial charge >= 0.3 is 0 Å². The second kappa shape index (κ2) is 11.1. The first-order chi connectivity index (χ1) is 13.5. The molecule has 1 aliphatic rings. The molecule has 0 spiro atoms. The number of aromatic nitrogens is 1. The second-order valence-electron chi connectivity index (χ2n) is 6.43. The van der Waals surface area contributed by atoms with E-state index in [0.717, 1.165) is 18.1 Å². The summed E-state index contributed by atoms with van der Waals surface area (Å²) in [5.74, 6) is 0.628. The minimum Gasteiger partial charge on any atom is -0.364 e. The van der Waals surface area contributed by atoms with Crippen LogP contribution in [0.5, 0.6) is 0 Å². The maximum Gasteiger partial charge on any atom is 0.220 e. The van der Waals surface area contributed by atoms with Gasteiger partial charge in [0.15, 0.2) is 5.96 Å². The SMILES string of the molecule is CCNC(=NCc1cccc(Cl)c1)N1CCN(S(=O)(=O)Cc2ccon2)CC1.I. The topological polar surface area (TPSA) is 91.0 Å². The summed E-state index contributed by atoms with van der Waals surface area (Å²) in [6.07, 6.45) is 1.38. The molecule has 1 saturated heterocycles. The number of benzene rings is 1. The van der Waals surface area contributed by atoms with Crippen LogP contribution in [0, 0.1) is 0 Å². The lowest BCUT2D eigenvalue weighted by atomic mass is 10.2. The number of sulfonamides is 1. The maximum atomic E-state index is 12.6. The molecule has 0 radical (unpaired) electrons. The van der Waals surface area contributed by atoms with Crippen molar-refractivity contribution in [2.75, 3.05) is 32.7 Å². The summed E-state index contributed by atoms with van der Waals surface area (Å²) in [7, 11) is -3.42. The largest absolute Gasteiger partial charge is 0.364 e. The molecule has 0 amide bonds. The molecule has 0 bridgehead atoms. The highest BCUT2D eigenvalue weighted by Gasteiger charge is 2.28. The summed E-state index contributed by atoms with van der Waals surface area (Å²) < 4.78 is 31.3. The fourth-order valence-corrected chi connectivity index (χ4v) is 4.63. The molecule has 11 heteroatoms. The van der Waals surface area contributed by atoms with Crippen LogP contribution in [0.3, 0.4) is 0 Å². The van der Waals surface area contributed by atoms with Crippen LogP contribution in [-0.2, 0) is 22.3 Å². The van der Waals surface area contributed by atoms with Gasteiger partial charge < -0.3 is 14.7 Å². The van der Waals surface area contributed by atoms with E-state index in [2.05, 4.69) is 20.4 Å². The van der Waals surface area contributed by atoms with Crippen molar-refractivity contribution in [3.8, 4) is 0 Å². The first kappa shape index (κ1) is 23.9. The van der Waals surface area contributed by atoms with Gasteiger partial charge in [-0.15, -0.1) is 24.0 Å². The Balaban J connectivity index is 0.00000300. The van der Waals surface area contributed by atoms with Gasteiger partial charge in [-0.05, 0) is 24.6 Å². The average Bonchev–Trinajstić information content (AvgIpc) is 3.17. The summed E-state index contributed by atoms with van der Waals surface area (Å²) in [6.45, 7) is 5.20. The quantitative estimate of drug-likeness (QED) is 0.336. The fourth-order valence-electron chi connectivity index (χ4n) is 3.00. The number of rotatable bonds is 6. The fraction of sp³-hybridized carbons (Fsp3) is 0.444. The number of piperazine rings is 1. The molecule has 0 atom stereocenters. The van der Waals surface area contributed by atoms with Crippen LogP contribution >= 0.6 is 35.6 Å². The predicted octanol–water partition coefficient (Wildman–Crippen LogP) is 2.56. The molecule has 160 valence electrons. The Labute approximate surface area is 193 Å². The van der Waals surface area contributed by atoms with Crippen molar-refractivity contribution in [2.24, 2.45) is 4.99 Å². The van der Waals surface area contributed by atoms with E-state index in [1.165, 1.54) is 10.6 Å². The van der Waals surface area contributed by atoms with E-state index in [0.29, 0.717) is 43.4 Å². The number of aliphatic imine (C=N–C) groups is 1. The van der Waals surface area contributed by atoms with E-state index in [1.807, 2.05) is 31.2 Å². The van der Waals surface area contributed by atoms with Crippen molar-refractivity contribution in [1.29, 1.82) is 0 Å². The minimum absolute atomic E-state index is 0. The van der Waals surface area contributed by atoms with Gasteiger partial charge in [-0.1, -0.05) is 28.9 Å². The van der Waals surface area contributed by atoms with Crippen LogP contribution in [0.15, 0.2) is 46.1 Å². The summed E-state index contributed by atoms with van der Waals surface area (Å²) >= 11 is 6.03. The number of halogens is 2. The van der Waals surface area contributed by atoms with Crippen molar-refractivity contribution < 1.29 is 12.9 Å². The zero-order chi connectivity index (χ0) is 20.0. The smallest absolute Gasteiger partial charge is 0.220 e. The summed E-state index contributed by atoms with van der Waals surface area (Å²) in [4.78, 5) is 6.76. The van der Waals surface area contributed by atoms with Gasteiger partial charge in [0.2, 0.25) is 10.0 Å². The van der Waals surface area contributed by atoms with Crippen LogP contribution in [0.2, 0.25) is 5.02 Å². The van der Waals surface area contributed by atoms with E-state index in [9.17, 15) is 8.42 Å². The molecular formula is C18H25ClIN5O3S. The summed E-state index contributed by atoms with van der Waals surface area (Å²) in [5, 5.41) is 7.66. The summed E-state index contributed by atoms with van der Waals surface area (Å²) in [6, 6.07) is 9.17. The molecule has 0 unspecified atom stereocenters. The average molecular weight is 554 g/mol. The monoisotopic (exact) mass is 553 g/mol. The first-order valence-corrected chi connectivity index (χ1v) is 11.1. The summed E-state index contributed by atoms with van der Waals surface area (Å²) in [5.41, 5.74) is 1.44. The minimum atomic E-state index is -3.42. The molecule has 2 heterocycles. The molecule has 1 aromatic carbocycles. The third-order valence-electron chi connectivity index (χ3n) is 4.39. The number of guanidine groups is 1. The Hall–Kier alpha value is -1.37. The molecule has 1 aromatic heterocycles. The highest BCUT2D eigenvalue weighted by Crippen LogP contribution is 2.14. The molecule has 1 N–H and O–H groups in total. The van der Waals surface area contributed by atoms with Crippen LogP contribution in [0.1, 0.15) is 18.2 Å². The highest BCUT2D eigenvalue weighted by molar-refractivity contribution is 14.0. The molecule has 3 rings (SSSR count).